The molecule has 72 valence electrons. The van der Waals surface area contributed by atoms with Gasteiger partial charge < -0.3 is 0 Å². The molecule has 0 unspecified atom stereocenters. The van der Waals surface area contributed by atoms with E-state index in [0.29, 0.717) is 5.41 Å². The Hall–Kier alpha value is -0.260. The van der Waals surface area contributed by atoms with Gasteiger partial charge in [-0.1, -0.05) is 45.8 Å². The Morgan fingerprint density at radius 2 is 1.83 bits per heavy atom. The van der Waals surface area contributed by atoms with Gasteiger partial charge in [-0.05, 0) is 31.6 Å². The first-order chi connectivity index (χ1) is 5.45. The Morgan fingerprint density at radius 1 is 1.25 bits per heavy atom. The zero-order chi connectivity index (χ0) is 9.61. The van der Waals surface area contributed by atoms with Crippen LogP contribution in [-0.4, -0.2) is 0 Å². The zero-order valence-corrected chi connectivity index (χ0v) is 9.41. The van der Waals surface area contributed by atoms with Gasteiger partial charge in [0.1, 0.15) is 0 Å². The summed E-state index contributed by atoms with van der Waals surface area (Å²) in [5.41, 5.74) is 2.01. The molecule has 0 N–H and O–H groups in total. The first kappa shape index (κ1) is 11.7. The second-order valence-corrected chi connectivity index (χ2v) is 4.92. The molecule has 0 aromatic heterocycles. The van der Waals surface area contributed by atoms with Crippen LogP contribution >= 0.6 is 0 Å². The second-order valence-electron chi connectivity index (χ2n) is 4.92. The van der Waals surface area contributed by atoms with E-state index in [2.05, 4.69) is 40.7 Å². The molecule has 0 heterocycles. The molecule has 0 fully saturated rings. The largest absolute Gasteiger partial charge is 0.0851 e. The maximum absolute atomic E-state index is 2.40. The predicted molar refractivity (Wildman–Crippen MR) is 57.4 cm³/mol. The molecule has 0 aliphatic heterocycles. The zero-order valence-electron chi connectivity index (χ0n) is 9.41. The van der Waals surface area contributed by atoms with Gasteiger partial charge in [-0.15, -0.1) is 0 Å². The van der Waals surface area contributed by atoms with E-state index >= 15 is 0 Å². The molecule has 0 spiro atoms. The van der Waals surface area contributed by atoms with Gasteiger partial charge >= 0.3 is 0 Å². The summed E-state index contributed by atoms with van der Waals surface area (Å²) in [6.45, 7) is 11.4. The first-order valence-electron chi connectivity index (χ1n) is 5.11. The van der Waals surface area contributed by atoms with Crippen molar-refractivity contribution in [2.75, 3.05) is 0 Å². The van der Waals surface area contributed by atoms with Crippen molar-refractivity contribution in [2.24, 2.45) is 5.41 Å². The average Bonchev–Trinajstić information content (AvgIpc) is 1.95. The van der Waals surface area contributed by atoms with Crippen molar-refractivity contribution in [1.82, 2.24) is 0 Å². The lowest BCUT2D eigenvalue weighted by Gasteiger charge is -2.15. The fraction of sp³-hybridized carbons (Fsp3) is 0.833. The van der Waals surface area contributed by atoms with Crippen molar-refractivity contribution in [1.29, 1.82) is 0 Å². The molecule has 0 aromatic rings. The highest BCUT2D eigenvalue weighted by molar-refractivity contribution is 4.99. The lowest BCUT2D eigenvalue weighted by molar-refractivity contribution is 0.419. The fourth-order valence-corrected chi connectivity index (χ4v) is 1.04. The highest BCUT2D eigenvalue weighted by Crippen LogP contribution is 2.20. The van der Waals surface area contributed by atoms with E-state index in [1.54, 1.807) is 5.57 Å². The topological polar surface area (TPSA) is 0 Å². The number of hydrogen-bond acceptors (Lipinski definition) is 0. The van der Waals surface area contributed by atoms with E-state index in [9.17, 15) is 0 Å². The first-order valence-corrected chi connectivity index (χ1v) is 5.11. The molecule has 12 heavy (non-hydrogen) atoms. The van der Waals surface area contributed by atoms with Crippen molar-refractivity contribution < 1.29 is 0 Å². The highest BCUT2D eigenvalue weighted by atomic mass is 14.1. The van der Waals surface area contributed by atoms with E-state index in [4.69, 9.17) is 0 Å². The van der Waals surface area contributed by atoms with Gasteiger partial charge in [-0.2, -0.15) is 0 Å². The van der Waals surface area contributed by atoms with Crippen molar-refractivity contribution >= 4 is 0 Å². The minimum atomic E-state index is 0.452. The van der Waals surface area contributed by atoms with Crippen LogP contribution in [0.1, 0.15) is 60.3 Å². The molecule has 0 saturated heterocycles. The van der Waals surface area contributed by atoms with Gasteiger partial charge in [0.25, 0.3) is 0 Å². The molecule has 0 aliphatic carbocycles. The predicted octanol–water partition coefficient (Wildman–Crippen LogP) is 4.56. The molecule has 0 saturated carbocycles. The molecular formula is C12H24. The van der Waals surface area contributed by atoms with E-state index in [-0.39, 0.29) is 0 Å². The van der Waals surface area contributed by atoms with Crippen LogP contribution in [0.2, 0.25) is 0 Å². The maximum Gasteiger partial charge on any atom is -0.0299 e. The standard InChI is InChI=1S/C12H24/c1-6-7-8-11(2)9-10-12(3,4)5/h9H,6-8,10H2,1-5H3. The van der Waals surface area contributed by atoms with E-state index in [0.717, 1.165) is 0 Å². The molecule has 0 radical (unpaired) electrons. The summed E-state index contributed by atoms with van der Waals surface area (Å²) >= 11 is 0. The van der Waals surface area contributed by atoms with Crippen molar-refractivity contribution in [2.45, 2.75) is 60.3 Å². The minimum Gasteiger partial charge on any atom is -0.0851 e. The Labute approximate surface area is 78.1 Å². The molecule has 0 aliphatic rings. The Kier molecular flexibility index (Phi) is 5.28. The van der Waals surface area contributed by atoms with Crippen LogP contribution in [0.15, 0.2) is 11.6 Å². The summed E-state index contributed by atoms with van der Waals surface area (Å²) in [6.07, 6.45) is 7.54. The van der Waals surface area contributed by atoms with Gasteiger partial charge in [0, 0.05) is 0 Å². The molecule has 0 rings (SSSR count). The van der Waals surface area contributed by atoms with Crippen LogP contribution in [0.25, 0.3) is 0 Å². The lowest BCUT2D eigenvalue weighted by Crippen LogP contribution is -2.02. The quantitative estimate of drug-likeness (QED) is 0.540. The van der Waals surface area contributed by atoms with Crippen LogP contribution in [0.5, 0.6) is 0 Å². The van der Waals surface area contributed by atoms with Crippen LogP contribution in [0, 0.1) is 5.41 Å². The molecular weight excluding hydrogens is 144 g/mol. The van der Waals surface area contributed by atoms with Crippen molar-refractivity contribution in [3.8, 4) is 0 Å². The maximum atomic E-state index is 2.40. The highest BCUT2D eigenvalue weighted by Gasteiger charge is 2.06. The monoisotopic (exact) mass is 168 g/mol. The molecule has 0 bridgehead atoms. The van der Waals surface area contributed by atoms with Crippen LogP contribution in [0.3, 0.4) is 0 Å². The third-order valence-electron chi connectivity index (χ3n) is 1.99. The lowest BCUT2D eigenvalue weighted by atomic mass is 9.91. The Bertz CT molecular complexity index is 135. The summed E-state index contributed by atoms with van der Waals surface area (Å²) in [5, 5.41) is 0. The number of unbranched alkanes of at least 4 members (excludes halogenated alkanes) is 1. The molecule has 0 heteroatoms. The van der Waals surface area contributed by atoms with Crippen molar-refractivity contribution in [3.63, 3.8) is 0 Å². The molecule has 0 atom stereocenters. The molecule has 0 aromatic carbocycles. The normalized spacial score (nSPS) is 13.6. The summed E-state index contributed by atoms with van der Waals surface area (Å²) in [4.78, 5) is 0. The van der Waals surface area contributed by atoms with Crippen molar-refractivity contribution in [3.05, 3.63) is 11.6 Å². The summed E-state index contributed by atoms with van der Waals surface area (Å²) in [7, 11) is 0. The van der Waals surface area contributed by atoms with Gasteiger partial charge in [0.15, 0.2) is 0 Å². The summed E-state index contributed by atoms with van der Waals surface area (Å²) < 4.78 is 0. The summed E-state index contributed by atoms with van der Waals surface area (Å²) in [6, 6.07) is 0. The molecule has 0 nitrogen and oxygen atoms in total. The summed E-state index contributed by atoms with van der Waals surface area (Å²) in [5.74, 6) is 0. The molecule has 0 amide bonds. The number of hydrogen-bond donors (Lipinski definition) is 0. The van der Waals surface area contributed by atoms with Gasteiger partial charge in [0.05, 0.1) is 0 Å². The smallest absolute Gasteiger partial charge is 0.0299 e. The van der Waals surface area contributed by atoms with E-state index < -0.39 is 0 Å². The van der Waals surface area contributed by atoms with Gasteiger partial charge in [-0.25, -0.2) is 0 Å². The Morgan fingerprint density at radius 3 is 2.25 bits per heavy atom. The third kappa shape index (κ3) is 7.84. The van der Waals surface area contributed by atoms with Gasteiger partial charge in [-0.3, -0.25) is 0 Å². The number of rotatable bonds is 4. The second kappa shape index (κ2) is 5.40. The SMILES string of the molecule is CCCCC(C)=CCC(C)(C)C. The minimum absolute atomic E-state index is 0.452. The van der Waals surface area contributed by atoms with Crippen LogP contribution in [-0.2, 0) is 0 Å². The van der Waals surface area contributed by atoms with E-state index in [1.807, 2.05) is 0 Å². The third-order valence-corrected chi connectivity index (χ3v) is 1.99. The fourth-order valence-electron chi connectivity index (χ4n) is 1.04. The Balaban J connectivity index is 3.69. The van der Waals surface area contributed by atoms with Crippen LogP contribution in [0.4, 0.5) is 0 Å². The van der Waals surface area contributed by atoms with E-state index in [1.165, 1.54) is 25.7 Å². The number of allylic oxidation sites excluding steroid dienone is 2. The average molecular weight is 168 g/mol. The van der Waals surface area contributed by atoms with Gasteiger partial charge in [0.2, 0.25) is 0 Å². The van der Waals surface area contributed by atoms with Crippen LogP contribution < -0.4 is 0 Å².